The SMILES string of the molecule is CCCC1CCN(C(=O)CC(C)NCC)CC1. The molecule has 1 atom stereocenters. The van der Waals surface area contributed by atoms with Crippen LogP contribution >= 0.6 is 0 Å². The summed E-state index contributed by atoms with van der Waals surface area (Å²) in [7, 11) is 0. The van der Waals surface area contributed by atoms with Gasteiger partial charge in [0.2, 0.25) is 5.91 Å². The number of carbonyl (C=O) groups excluding carboxylic acids is 1. The van der Waals surface area contributed by atoms with Gasteiger partial charge in [-0.05, 0) is 32.2 Å². The summed E-state index contributed by atoms with van der Waals surface area (Å²) in [6.45, 7) is 9.30. The van der Waals surface area contributed by atoms with Gasteiger partial charge in [0.05, 0.1) is 0 Å². The average Bonchev–Trinajstić information content (AvgIpc) is 2.30. The monoisotopic (exact) mass is 240 g/mol. The number of amides is 1. The van der Waals surface area contributed by atoms with Gasteiger partial charge in [0.15, 0.2) is 0 Å². The minimum Gasteiger partial charge on any atom is -0.343 e. The molecule has 0 radical (unpaired) electrons. The summed E-state index contributed by atoms with van der Waals surface area (Å²) in [4.78, 5) is 14.1. The fourth-order valence-corrected chi connectivity index (χ4v) is 2.69. The summed E-state index contributed by atoms with van der Waals surface area (Å²) >= 11 is 0. The summed E-state index contributed by atoms with van der Waals surface area (Å²) in [6.07, 6.45) is 5.66. The molecule has 1 fully saturated rings. The largest absolute Gasteiger partial charge is 0.343 e. The lowest BCUT2D eigenvalue weighted by Gasteiger charge is -2.32. The average molecular weight is 240 g/mol. The molecule has 1 rings (SSSR count). The molecule has 0 aromatic heterocycles. The summed E-state index contributed by atoms with van der Waals surface area (Å²) in [5.41, 5.74) is 0. The molecule has 0 bridgehead atoms. The third-order valence-electron chi connectivity index (χ3n) is 3.70. The van der Waals surface area contributed by atoms with Gasteiger partial charge in [-0.15, -0.1) is 0 Å². The highest BCUT2D eigenvalue weighted by molar-refractivity contribution is 5.76. The zero-order valence-corrected chi connectivity index (χ0v) is 11.7. The molecule has 1 heterocycles. The molecule has 0 aromatic carbocycles. The number of likely N-dealkylation sites (tertiary alicyclic amines) is 1. The molecule has 0 aliphatic carbocycles. The van der Waals surface area contributed by atoms with Crippen LogP contribution < -0.4 is 5.32 Å². The Kier molecular flexibility index (Phi) is 6.56. The van der Waals surface area contributed by atoms with Crippen LogP contribution in [0.1, 0.15) is 52.9 Å². The molecule has 1 aliphatic heterocycles. The molecule has 1 saturated heterocycles. The third-order valence-corrected chi connectivity index (χ3v) is 3.70. The highest BCUT2D eigenvalue weighted by Gasteiger charge is 2.22. The van der Waals surface area contributed by atoms with E-state index in [1.54, 1.807) is 0 Å². The van der Waals surface area contributed by atoms with Crippen LogP contribution in [-0.2, 0) is 4.79 Å². The Morgan fingerprint density at radius 2 is 2.00 bits per heavy atom. The molecular weight excluding hydrogens is 212 g/mol. The van der Waals surface area contributed by atoms with Crippen molar-refractivity contribution in [2.45, 2.75) is 58.9 Å². The first kappa shape index (κ1) is 14.5. The lowest BCUT2D eigenvalue weighted by molar-refractivity contribution is -0.133. The van der Waals surface area contributed by atoms with E-state index in [0.717, 1.165) is 25.6 Å². The first-order valence-electron chi connectivity index (χ1n) is 7.18. The zero-order valence-electron chi connectivity index (χ0n) is 11.7. The Balaban J connectivity index is 2.25. The van der Waals surface area contributed by atoms with Crippen molar-refractivity contribution in [2.75, 3.05) is 19.6 Å². The van der Waals surface area contributed by atoms with E-state index in [1.807, 2.05) is 0 Å². The van der Waals surface area contributed by atoms with Crippen LogP contribution in [0.2, 0.25) is 0 Å². The van der Waals surface area contributed by atoms with Crippen LogP contribution in [0.15, 0.2) is 0 Å². The number of piperidine rings is 1. The molecule has 0 saturated carbocycles. The van der Waals surface area contributed by atoms with Gasteiger partial charge in [-0.25, -0.2) is 0 Å². The molecule has 1 aliphatic rings. The summed E-state index contributed by atoms with van der Waals surface area (Å²) in [5.74, 6) is 1.18. The van der Waals surface area contributed by atoms with Gasteiger partial charge in [0, 0.05) is 25.6 Å². The molecule has 3 heteroatoms. The second-order valence-electron chi connectivity index (χ2n) is 5.28. The predicted molar refractivity (Wildman–Crippen MR) is 72.0 cm³/mol. The van der Waals surface area contributed by atoms with Gasteiger partial charge >= 0.3 is 0 Å². The van der Waals surface area contributed by atoms with Gasteiger partial charge < -0.3 is 10.2 Å². The fraction of sp³-hybridized carbons (Fsp3) is 0.929. The van der Waals surface area contributed by atoms with E-state index < -0.39 is 0 Å². The summed E-state index contributed by atoms with van der Waals surface area (Å²) in [5, 5.41) is 3.30. The molecule has 100 valence electrons. The van der Waals surface area contributed by atoms with Crippen LogP contribution in [-0.4, -0.2) is 36.5 Å². The molecule has 1 N–H and O–H groups in total. The maximum Gasteiger partial charge on any atom is 0.224 e. The van der Waals surface area contributed by atoms with Gasteiger partial charge in [0.1, 0.15) is 0 Å². The van der Waals surface area contributed by atoms with Crippen LogP contribution in [0.4, 0.5) is 0 Å². The quantitative estimate of drug-likeness (QED) is 0.773. The maximum absolute atomic E-state index is 12.0. The highest BCUT2D eigenvalue weighted by atomic mass is 16.2. The van der Waals surface area contributed by atoms with Gasteiger partial charge in [0.25, 0.3) is 0 Å². The maximum atomic E-state index is 12.0. The normalized spacial score (nSPS) is 19.4. The van der Waals surface area contributed by atoms with Crippen molar-refractivity contribution >= 4 is 5.91 Å². The lowest BCUT2D eigenvalue weighted by Crippen LogP contribution is -2.41. The number of nitrogens with one attached hydrogen (secondary N) is 1. The van der Waals surface area contributed by atoms with E-state index in [-0.39, 0.29) is 0 Å². The second kappa shape index (κ2) is 7.70. The van der Waals surface area contributed by atoms with Crippen LogP contribution in [0.3, 0.4) is 0 Å². The van der Waals surface area contributed by atoms with Crippen molar-refractivity contribution in [3.05, 3.63) is 0 Å². The molecule has 1 amide bonds. The molecular formula is C14H28N2O. The predicted octanol–water partition coefficient (Wildman–Crippen LogP) is 2.41. The van der Waals surface area contributed by atoms with E-state index in [9.17, 15) is 4.79 Å². The Hall–Kier alpha value is -0.570. The number of carbonyl (C=O) groups is 1. The minimum atomic E-state index is 0.306. The van der Waals surface area contributed by atoms with Crippen molar-refractivity contribution in [1.82, 2.24) is 10.2 Å². The van der Waals surface area contributed by atoms with Crippen molar-refractivity contribution < 1.29 is 4.79 Å². The first-order chi connectivity index (χ1) is 8.17. The zero-order chi connectivity index (χ0) is 12.7. The molecule has 17 heavy (non-hydrogen) atoms. The highest BCUT2D eigenvalue weighted by Crippen LogP contribution is 2.22. The van der Waals surface area contributed by atoms with E-state index >= 15 is 0 Å². The smallest absolute Gasteiger partial charge is 0.224 e. The summed E-state index contributed by atoms with van der Waals surface area (Å²) < 4.78 is 0. The number of rotatable bonds is 6. The minimum absolute atomic E-state index is 0.306. The van der Waals surface area contributed by atoms with E-state index in [2.05, 4.69) is 31.0 Å². The molecule has 3 nitrogen and oxygen atoms in total. The molecule has 0 spiro atoms. The third kappa shape index (κ3) is 5.07. The van der Waals surface area contributed by atoms with Crippen molar-refractivity contribution in [1.29, 1.82) is 0 Å². The Labute approximate surface area is 106 Å². The van der Waals surface area contributed by atoms with Crippen LogP contribution in [0.25, 0.3) is 0 Å². The Morgan fingerprint density at radius 1 is 1.35 bits per heavy atom. The first-order valence-corrected chi connectivity index (χ1v) is 7.18. The van der Waals surface area contributed by atoms with Crippen LogP contribution in [0, 0.1) is 5.92 Å². The van der Waals surface area contributed by atoms with Gasteiger partial charge in [-0.3, -0.25) is 4.79 Å². The van der Waals surface area contributed by atoms with E-state index in [0.29, 0.717) is 18.4 Å². The van der Waals surface area contributed by atoms with E-state index in [4.69, 9.17) is 0 Å². The number of hydrogen-bond acceptors (Lipinski definition) is 2. The van der Waals surface area contributed by atoms with Crippen LogP contribution in [0.5, 0.6) is 0 Å². The Morgan fingerprint density at radius 3 is 2.53 bits per heavy atom. The Bertz CT molecular complexity index is 222. The molecule has 0 aromatic rings. The van der Waals surface area contributed by atoms with Gasteiger partial charge in [-0.1, -0.05) is 26.7 Å². The standard InChI is InChI=1S/C14H28N2O/c1-4-6-13-7-9-16(10-8-13)14(17)11-12(3)15-5-2/h12-13,15H,4-11H2,1-3H3. The number of hydrogen-bond donors (Lipinski definition) is 1. The number of nitrogens with zero attached hydrogens (tertiary/aromatic N) is 1. The van der Waals surface area contributed by atoms with Crippen molar-refractivity contribution in [3.63, 3.8) is 0 Å². The molecule has 1 unspecified atom stereocenters. The van der Waals surface area contributed by atoms with Crippen molar-refractivity contribution in [3.8, 4) is 0 Å². The van der Waals surface area contributed by atoms with E-state index in [1.165, 1.54) is 25.7 Å². The van der Waals surface area contributed by atoms with Gasteiger partial charge in [-0.2, -0.15) is 0 Å². The van der Waals surface area contributed by atoms with Crippen molar-refractivity contribution in [2.24, 2.45) is 5.92 Å². The summed E-state index contributed by atoms with van der Waals surface area (Å²) in [6, 6.07) is 0.306. The fourth-order valence-electron chi connectivity index (χ4n) is 2.69. The lowest BCUT2D eigenvalue weighted by atomic mass is 9.92. The second-order valence-corrected chi connectivity index (χ2v) is 5.28. The topological polar surface area (TPSA) is 32.3 Å².